The SMILES string of the molecule is CS(=O)(=O)N1CCN(C(CN)CC2CCCCC2)CC1. The Hall–Kier alpha value is -0.170. The Morgan fingerprint density at radius 3 is 2.20 bits per heavy atom. The van der Waals surface area contributed by atoms with E-state index in [1.807, 2.05) is 0 Å². The third-order valence-electron chi connectivity index (χ3n) is 4.86. The molecule has 118 valence electrons. The van der Waals surface area contributed by atoms with E-state index in [2.05, 4.69) is 4.90 Å². The lowest BCUT2D eigenvalue weighted by Crippen LogP contribution is -2.53. The molecule has 1 aliphatic heterocycles. The summed E-state index contributed by atoms with van der Waals surface area (Å²) in [6.45, 7) is 3.55. The largest absolute Gasteiger partial charge is 0.329 e. The first kappa shape index (κ1) is 16.2. The smallest absolute Gasteiger partial charge is 0.211 e. The standard InChI is InChI=1S/C14H29N3O2S/c1-20(18,19)17-9-7-16(8-10-17)14(12-15)11-13-5-3-2-4-6-13/h13-14H,2-12,15H2,1H3. The lowest BCUT2D eigenvalue weighted by Gasteiger charge is -2.39. The summed E-state index contributed by atoms with van der Waals surface area (Å²) in [6.07, 6.45) is 9.30. The minimum atomic E-state index is -3.03. The summed E-state index contributed by atoms with van der Waals surface area (Å²) < 4.78 is 24.6. The molecule has 6 heteroatoms. The van der Waals surface area contributed by atoms with Crippen LogP contribution in [0, 0.1) is 5.92 Å². The van der Waals surface area contributed by atoms with Crippen LogP contribution >= 0.6 is 0 Å². The van der Waals surface area contributed by atoms with Gasteiger partial charge in [-0.25, -0.2) is 8.42 Å². The van der Waals surface area contributed by atoms with E-state index < -0.39 is 10.0 Å². The fourth-order valence-electron chi connectivity index (χ4n) is 3.60. The first-order valence-electron chi connectivity index (χ1n) is 7.90. The average Bonchev–Trinajstić information content (AvgIpc) is 2.45. The van der Waals surface area contributed by atoms with Crippen molar-refractivity contribution in [3.8, 4) is 0 Å². The van der Waals surface area contributed by atoms with Crippen molar-refractivity contribution in [1.29, 1.82) is 0 Å². The van der Waals surface area contributed by atoms with Crippen molar-refractivity contribution in [2.24, 2.45) is 11.7 Å². The van der Waals surface area contributed by atoms with Gasteiger partial charge in [0.2, 0.25) is 10.0 Å². The number of sulfonamides is 1. The van der Waals surface area contributed by atoms with E-state index in [0.29, 0.717) is 25.7 Å². The fraction of sp³-hybridized carbons (Fsp3) is 1.00. The second kappa shape index (κ2) is 7.20. The Balaban J connectivity index is 1.83. The number of hydrogen-bond acceptors (Lipinski definition) is 4. The summed E-state index contributed by atoms with van der Waals surface area (Å²) in [5, 5.41) is 0. The van der Waals surface area contributed by atoms with Crippen molar-refractivity contribution in [2.45, 2.75) is 44.6 Å². The summed E-state index contributed by atoms with van der Waals surface area (Å²) in [4.78, 5) is 2.40. The van der Waals surface area contributed by atoms with E-state index in [-0.39, 0.29) is 0 Å². The summed E-state index contributed by atoms with van der Waals surface area (Å²) in [5.74, 6) is 0.824. The molecule has 1 aliphatic carbocycles. The van der Waals surface area contributed by atoms with Crippen LogP contribution < -0.4 is 5.73 Å². The number of nitrogens with zero attached hydrogens (tertiary/aromatic N) is 2. The van der Waals surface area contributed by atoms with Crippen LogP contribution in [0.3, 0.4) is 0 Å². The highest BCUT2D eigenvalue weighted by molar-refractivity contribution is 7.88. The molecule has 0 radical (unpaired) electrons. The van der Waals surface area contributed by atoms with E-state index in [1.165, 1.54) is 44.8 Å². The molecule has 1 heterocycles. The minimum Gasteiger partial charge on any atom is -0.329 e. The molecular weight excluding hydrogens is 274 g/mol. The van der Waals surface area contributed by atoms with Gasteiger partial charge in [0, 0.05) is 38.8 Å². The van der Waals surface area contributed by atoms with Gasteiger partial charge >= 0.3 is 0 Å². The molecule has 0 aromatic carbocycles. The molecule has 1 unspecified atom stereocenters. The maximum absolute atomic E-state index is 11.5. The quantitative estimate of drug-likeness (QED) is 0.818. The topological polar surface area (TPSA) is 66.6 Å². The Bertz CT molecular complexity index is 385. The van der Waals surface area contributed by atoms with E-state index >= 15 is 0 Å². The molecule has 1 saturated heterocycles. The molecular formula is C14H29N3O2S. The van der Waals surface area contributed by atoms with Crippen LogP contribution in [0.25, 0.3) is 0 Å². The monoisotopic (exact) mass is 303 g/mol. The fourth-order valence-corrected chi connectivity index (χ4v) is 4.43. The molecule has 2 fully saturated rings. The summed E-state index contributed by atoms with van der Waals surface area (Å²) >= 11 is 0. The van der Waals surface area contributed by atoms with Gasteiger partial charge in [0.25, 0.3) is 0 Å². The zero-order chi connectivity index (χ0) is 14.6. The molecule has 2 N–H and O–H groups in total. The molecule has 0 aromatic heterocycles. The molecule has 0 bridgehead atoms. The lowest BCUT2D eigenvalue weighted by atomic mass is 9.84. The van der Waals surface area contributed by atoms with Gasteiger partial charge < -0.3 is 5.73 Å². The van der Waals surface area contributed by atoms with Crippen LogP contribution in [0.1, 0.15) is 38.5 Å². The van der Waals surface area contributed by atoms with Gasteiger partial charge in [-0.05, 0) is 12.3 Å². The third kappa shape index (κ3) is 4.41. The van der Waals surface area contributed by atoms with E-state index in [4.69, 9.17) is 5.73 Å². The normalized spacial score (nSPS) is 25.7. The average molecular weight is 303 g/mol. The summed E-state index contributed by atoms with van der Waals surface area (Å²) in [6, 6.07) is 0.430. The second-order valence-electron chi connectivity index (χ2n) is 6.33. The molecule has 5 nitrogen and oxygen atoms in total. The van der Waals surface area contributed by atoms with Gasteiger partial charge in [-0.1, -0.05) is 32.1 Å². The van der Waals surface area contributed by atoms with Gasteiger partial charge in [0.05, 0.1) is 6.26 Å². The number of hydrogen-bond donors (Lipinski definition) is 1. The Morgan fingerprint density at radius 1 is 1.10 bits per heavy atom. The van der Waals surface area contributed by atoms with Crippen LogP contribution in [0.4, 0.5) is 0 Å². The van der Waals surface area contributed by atoms with Crippen LogP contribution in [0.15, 0.2) is 0 Å². The maximum atomic E-state index is 11.5. The van der Waals surface area contributed by atoms with Crippen molar-refractivity contribution >= 4 is 10.0 Å². The van der Waals surface area contributed by atoms with E-state index in [1.54, 1.807) is 4.31 Å². The van der Waals surface area contributed by atoms with Crippen LogP contribution in [-0.4, -0.2) is 62.6 Å². The first-order valence-corrected chi connectivity index (χ1v) is 9.75. The van der Waals surface area contributed by atoms with Gasteiger partial charge in [-0.3, -0.25) is 4.90 Å². The Morgan fingerprint density at radius 2 is 1.70 bits per heavy atom. The van der Waals surface area contributed by atoms with Gasteiger partial charge in [-0.2, -0.15) is 4.31 Å². The molecule has 0 amide bonds. The number of nitrogens with two attached hydrogens (primary N) is 1. The zero-order valence-corrected chi connectivity index (χ0v) is 13.4. The number of rotatable bonds is 5. The minimum absolute atomic E-state index is 0.430. The molecule has 1 saturated carbocycles. The van der Waals surface area contributed by atoms with Crippen LogP contribution in [-0.2, 0) is 10.0 Å². The highest BCUT2D eigenvalue weighted by Gasteiger charge is 2.28. The predicted molar refractivity (Wildman–Crippen MR) is 82.0 cm³/mol. The molecule has 2 aliphatic rings. The molecule has 20 heavy (non-hydrogen) atoms. The lowest BCUT2D eigenvalue weighted by molar-refractivity contribution is 0.116. The Labute approximate surface area is 123 Å². The van der Waals surface area contributed by atoms with E-state index in [9.17, 15) is 8.42 Å². The van der Waals surface area contributed by atoms with E-state index in [0.717, 1.165) is 19.0 Å². The number of piperazine rings is 1. The highest BCUT2D eigenvalue weighted by Crippen LogP contribution is 2.28. The van der Waals surface area contributed by atoms with Crippen molar-refractivity contribution in [3.05, 3.63) is 0 Å². The third-order valence-corrected chi connectivity index (χ3v) is 6.16. The van der Waals surface area contributed by atoms with Crippen LogP contribution in [0.5, 0.6) is 0 Å². The van der Waals surface area contributed by atoms with Crippen molar-refractivity contribution in [1.82, 2.24) is 9.21 Å². The van der Waals surface area contributed by atoms with Crippen molar-refractivity contribution in [3.63, 3.8) is 0 Å². The van der Waals surface area contributed by atoms with Crippen molar-refractivity contribution < 1.29 is 8.42 Å². The molecule has 2 rings (SSSR count). The maximum Gasteiger partial charge on any atom is 0.211 e. The van der Waals surface area contributed by atoms with Crippen LogP contribution in [0.2, 0.25) is 0 Å². The molecule has 1 atom stereocenters. The first-order chi connectivity index (χ1) is 9.50. The van der Waals surface area contributed by atoms with Gasteiger partial charge in [-0.15, -0.1) is 0 Å². The predicted octanol–water partition coefficient (Wildman–Crippen LogP) is 0.861. The molecule has 0 spiro atoms. The van der Waals surface area contributed by atoms with Crippen molar-refractivity contribution in [2.75, 3.05) is 39.0 Å². The Kier molecular flexibility index (Phi) is 5.84. The molecule has 0 aromatic rings. The second-order valence-corrected chi connectivity index (χ2v) is 8.31. The highest BCUT2D eigenvalue weighted by atomic mass is 32.2. The zero-order valence-electron chi connectivity index (χ0n) is 12.6. The summed E-state index contributed by atoms with van der Waals surface area (Å²) in [7, 11) is -3.03. The van der Waals surface area contributed by atoms with Gasteiger partial charge in [0.15, 0.2) is 0 Å². The van der Waals surface area contributed by atoms with Gasteiger partial charge in [0.1, 0.15) is 0 Å². The summed E-state index contributed by atoms with van der Waals surface area (Å²) in [5.41, 5.74) is 5.97.